The minimum Gasteiger partial charge on any atom is -0.322 e. The molecule has 2 aromatic carbocycles. The summed E-state index contributed by atoms with van der Waals surface area (Å²) in [6.45, 7) is 0. The van der Waals surface area contributed by atoms with Crippen LogP contribution in [-0.4, -0.2) is 20.5 Å². The number of carbonyl (C=O) groups excluding carboxylic acids is 1. The van der Waals surface area contributed by atoms with E-state index in [0.29, 0.717) is 22.7 Å². The lowest BCUT2D eigenvalue weighted by Gasteiger charge is -2.07. The number of nitrogens with zero attached hydrogens (tertiary/aromatic N) is 3. The van der Waals surface area contributed by atoms with Crippen LogP contribution in [0.3, 0.4) is 0 Å². The summed E-state index contributed by atoms with van der Waals surface area (Å²) in [7, 11) is 0. The number of amides is 1. The van der Waals surface area contributed by atoms with Crippen molar-refractivity contribution in [3.05, 3.63) is 84.1 Å². The normalized spacial score (nSPS) is 10.8. The van der Waals surface area contributed by atoms with Gasteiger partial charge in [0.05, 0.1) is 5.56 Å². The second kappa shape index (κ2) is 6.36. The van der Waals surface area contributed by atoms with Gasteiger partial charge < -0.3 is 5.32 Å². The Kier molecular flexibility index (Phi) is 3.89. The van der Waals surface area contributed by atoms with Gasteiger partial charge in [-0.1, -0.05) is 6.07 Å². The molecule has 5 nitrogen and oxygen atoms in total. The first-order chi connectivity index (χ1) is 12.6. The van der Waals surface area contributed by atoms with Gasteiger partial charge in [-0.25, -0.2) is 8.78 Å². The van der Waals surface area contributed by atoms with Crippen LogP contribution in [0.25, 0.3) is 17.0 Å². The minimum atomic E-state index is -0.443. The molecule has 26 heavy (non-hydrogen) atoms. The highest BCUT2D eigenvalue weighted by Gasteiger charge is 2.16. The van der Waals surface area contributed by atoms with Crippen molar-refractivity contribution in [1.82, 2.24) is 14.6 Å². The Hall–Kier alpha value is -3.61. The fourth-order valence-electron chi connectivity index (χ4n) is 2.65. The Balaban J connectivity index is 1.72. The largest absolute Gasteiger partial charge is 0.322 e. The summed E-state index contributed by atoms with van der Waals surface area (Å²) in [4.78, 5) is 12.6. The molecule has 0 spiro atoms. The van der Waals surface area contributed by atoms with Gasteiger partial charge in [0, 0.05) is 17.4 Å². The van der Waals surface area contributed by atoms with Crippen LogP contribution in [-0.2, 0) is 0 Å². The minimum absolute atomic E-state index is 0.289. The maximum Gasteiger partial charge on any atom is 0.259 e. The third-order valence-corrected chi connectivity index (χ3v) is 3.86. The summed E-state index contributed by atoms with van der Waals surface area (Å²) in [6, 6.07) is 14.8. The van der Waals surface area contributed by atoms with Gasteiger partial charge in [0.15, 0.2) is 11.5 Å². The second-order valence-electron chi connectivity index (χ2n) is 5.61. The summed E-state index contributed by atoms with van der Waals surface area (Å²) in [6.07, 6.45) is 1.72. The fourth-order valence-corrected chi connectivity index (χ4v) is 2.65. The third kappa shape index (κ3) is 2.90. The van der Waals surface area contributed by atoms with Gasteiger partial charge in [0.2, 0.25) is 0 Å². The molecule has 0 unspecified atom stereocenters. The van der Waals surface area contributed by atoms with Crippen molar-refractivity contribution in [3.8, 4) is 11.4 Å². The Morgan fingerprint density at radius 2 is 1.73 bits per heavy atom. The fraction of sp³-hybridized carbons (Fsp3) is 0. The van der Waals surface area contributed by atoms with E-state index in [0.717, 1.165) is 0 Å². The summed E-state index contributed by atoms with van der Waals surface area (Å²) >= 11 is 0. The number of hydrogen-bond acceptors (Lipinski definition) is 3. The molecule has 2 heterocycles. The average molecular weight is 350 g/mol. The first kappa shape index (κ1) is 15.9. The van der Waals surface area contributed by atoms with E-state index in [4.69, 9.17) is 0 Å². The zero-order chi connectivity index (χ0) is 18.1. The van der Waals surface area contributed by atoms with Crippen LogP contribution in [0.2, 0.25) is 0 Å². The van der Waals surface area contributed by atoms with Crippen molar-refractivity contribution in [1.29, 1.82) is 0 Å². The smallest absolute Gasteiger partial charge is 0.259 e. The number of aromatic nitrogens is 3. The van der Waals surface area contributed by atoms with Crippen LogP contribution < -0.4 is 5.32 Å². The molecule has 0 aliphatic heterocycles. The van der Waals surface area contributed by atoms with E-state index in [1.165, 1.54) is 30.3 Å². The number of rotatable bonds is 3. The molecule has 0 atom stereocenters. The quantitative estimate of drug-likeness (QED) is 0.609. The number of benzene rings is 2. The maximum atomic E-state index is 13.3. The number of pyridine rings is 1. The molecule has 2 aromatic heterocycles. The molecular weight excluding hydrogens is 338 g/mol. The predicted octanol–water partition coefficient (Wildman–Crippen LogP) is 3.93. The van der Waals surface area contributed by atoms with Crippen LogP contribution in [0.1, 0.15) is 10.4 Å². The summed E-state index contributed by atoms with van der Waals surface area (Å²) in [5.74, 6) is -0.737. The number of halogens is 2. The zero-order valence-electron chi connectivity index (χ0n) is 13.4. The zero-order valence-corrected chi connectivity index (χ0v) is 13.4. The molecule has 0 fully saturated rings. The highest BCUT2D eigenvalue weighted by Crippen LogP contribution is 2.21. The predicted molar refractivity (Wildman–Crippen MR) is 92.7 cm³/mol. The standard InChI is InChI=1S/C19H12F2N4O/c20-13-8-6-12(7-9-13)17-23-24-18-16(5-2-10-25(17)18)19(26)22-15-4-1-3-14(21)11-15/h1-11H,(H,22,26). The first-order valence-electron chi connectivity index (χ1n) is 7.78. The molecular formula is C19H12F2N4O. The first-order valence-corrected chi connectivity index (χ1v) is 7.78. The van der Waals surface area contributed by atoms with Crippen molar-refractivity contribution >= 4 is 17.2 Å². The van der Waals surface area contributed by atoms with E-state index >= 15 is 0 Å². The van der Waals surface area contributed by atoms with Crippen LogP contribution in [0.4, 0.5) is 14.5 Å². The molecule has 4 aromatic rings. The Bertz CT molecular complexity index is 1110. The lowest BCUT2D eigenvalue weighted by Crippen LogP contribution is -2.13. The van der Waals surface area contributed by atoms with Gasteiger partial charge in [-0.3, -0.25) is 9.20 Å². The second-order valence-corrected chi connectivity index (χ2v) is 5.61. The molecule has 0 saturated heterocycles. The summed E-state index contributed by atoms with van der Waals surface area (Å²) < 4.78 is 28.1. The highest BCUT2D eigenvalue weighted by atomic mass is 19.1. The molecule has 0 bridgehead atoms. The Morgan fingerprint density at radius 3 is 2.50 bits per heavy atom. The van der Waals surface area contributed by atoms with Crippen molar-refractivity contribution in [2.45, 2.75) is 0 Å². The molecule has 0 aliphatic carbocycles. The third-order valence-electron chi connectivity index (χ3n) is 3.86. The van der Waals surface area contributed by atoms with E-state index in [1.807, 2.05) is 0 Å². The van der Waals surface area contributed by atoms with Crippen molar-refractivity contribution in [2.24, 2.45) is 0 Å². The maximum absolute atomic E-state index is 13.3. The summed E-state index contributed by atoms with van der Waals surface area (Å²) in [5.41, 5.74) is 1.65. The Labute approximate surface area is 146 Å². The Morgan fingerprint density at radius 1 is 0.923 bits per heavy atom. The van der Waals surface area contributed by atoms with Gasteiger partial charge in [0.25, 0.3) is 5.91 Å². The van der Waals surface area contributed by atoms with Crippen molar-refractivity contribution < 1.29 is 13.6 Å². The molecule has 128 valence electrons. The lowest BCUT2D eigenvalue weighted by molar-refractivity contribution is 0.102. The number of nitrogens with one attached hydrogen (secondary N) is 1. The van der Waals surface area contributed by atoms with E-state index in [9.17, 15) is 13.6 Å². The molecule has 7 heteroatoms. The van der Waals surface area contributed by atoms with E-state index in [2.05, 4.69) is 15.5 Å². The topological polar surface area (TPSA) is 59.3 Å². The van der Waals surface area contributed by atoms with E-state index in [1.54, 1.807) is 40.9 Å². The highest BCUT2D eigenvalue weighted by molar-refractivity contribution is 6.08. The van der Waals surface area contributed by atoms with Gasteiger partial charge in [0.1, 0.15) is 11.6 Å². The van der Waals surface area contributed by atoms with Crippen LogP contribution >= 0.6 is 0 Å². The number of anilines is 1. The van der Waals surface area contributed by atoms with Crippen molar-refractivity contribution in [2.75, 3.05) is 5.32 Å². The average Bonchev–Trinajstić information content (AvgIpc) is 3.06. The monoisotopic (exact) mass is 350 g/mol. The number of carbonyl (C=O) groups is 1. The molecule has 4 rings (SSSR count). The van der Waals surface area contributed by atoms with E-state index in [-0.39, 0.29) is 11.4 Å². The molecule has 0 aliphatic rings. The molecule has 0 radical (unpaired) electrons. The molecule has 1 amide bonds. The van der Waals surface area contributed by atoms with Crippen LogP contribution in [0.5, 0.6) is 0 Å². The molecule has 0 saturated carbocycles. The van der Waals surface area contributed by atoms with Crippen molar-refractivity contribution in [3.63, 3.8) is 0 Å². The van der Waals surface area contributed by atoms with Crippen LogP contribution in [0.15, 0.2) is 66.9 Å². The van der Waals surface area contributed by atoms with Gasteiger partial charge in [-0.05, 0) is 54.6 Å². The van der Waals surface area contributed by atoms with Gasteiger partial charge in [-0.2, -0.15) is 0 Å². The summed E-state index contributed by atoms with van der Waals surface area (Å²) in [5, 5.41) is 10.8. The lowest BCUT2D eigenvalue weighted by atomic mass is 10.2. The van der Waals surface area contributed by atoms with Gasteiger partial charge >= 0.3 is 0 Å². The number of hydrogen-bond donors (Lipinski definition) is 1. The molecule has 1 N–H and O–H groups in total. The van der Waals surface area contributed by atoms with Crippen LogP contribution in [0, 0.1) is 11.6 Å². The van der Waals surface area contributed by atoms with Gasteiger partial charge in [-0.15, -0.1) is 10.2 Å². The SMILES string of the molecule is O=C(Nc1cccc(F)c1)c1cccn2c(-c3ccc(F)cc3)nnc12. The van der Waals surface area contributed by atoms with E-state index < -0.39 is 11.7 Å². The number of fused-ring (bicyclic) bond motifs is 1.